The third kappa shape index (κ3) is 4.12. The summed E-state index contributed by atoms with van der Waals surface area (Å²) in [6, 6.07) is 8.01. The number of hydrogen-bond donors (Lipinski definition) is 1. The van der Waals surface area contributed by atoms with E-state index in [1.807, 2.05) is 52.0 Å². The molecule has 1 aromatic carbocycles. The zero-order valence-corrected chi connectivity index (χ0v) is 14.3. The number of anilines is 1. The van der Waals surface area contributed by atoms with Gasteiger partial charge >= 0.3 is 0 Å². The molecule has 0 aliphatic heterocycles. The zero-order chi connectivity index (χ0) is 16.8. The van der Waals surface area contributed by atoms with Crippen molar-refractivity contribution in [3.05, 3.63) is 51.9 Å². The Hall–Kier alpha value is -2.30. The number of rotatable bonds is 7. The number of benzene rings is 1. The normalized spacial score (nSPS) is 10.8. The van der Waals surface area contributed by atoms with Crippen LogP contribution in [-0.2, 0) is 13.0 Å². The van der Waals surface area contributed by atoms with E-state index in [0.29, 0.717) is 19.6 Å². The molecule has 0 bridgehead atoms. The Labute approximate surface area is 137 Å². The van der Waals surface area contributed by atoms with Crippen LogP contribution >= 0.6 is 0 Å². The minimum Gasteiger partial charge on any atom is -0.494 e. The van der Waals surface area contributed by atoms with Crippen LogP contribution in [0.25, 0.3) is 0 Å². The first-order chi connectivity index (χ1) is 11.1. The average molecular weight is 315 g/mol. The second kappa shape index (κ2) is 7.81. The largest absolute Gasteiger partial charge is 0.494 e. The van der Waals surface area contributed by atoms with E-state index < -0.39 is 0 Å². The van der Waals surface area contributed by atoms with E-state index in [1.54, 1.807) is 6.20 Å². The highest BCUT2D eigenvalue weighted by Crippen LogP contribution is 2.16. The van der Waals surface area contributed by atoms with Crippen LogP contribution in [0.1, 0.15) is 44.9 Å². The molecule has 0 atom stereocenters. The molecule has 1 heterocycles. The molecule has 23 heavy (non-hydrogen) atoms. The number of aromatic nitrogens is 2. The molecule has 1 N–H and O–H groups in total. The van der Waals surface area contributed by atoms with Crippen molar-refractivity contribution in [2.45, 2.75) is 46.7 Å². The minimum absolute atomic E-state index is 0.0180. The molecule has 0 saturated carbocycles. The third-order valence-corrected chi connectivity index (χ3v) is 3.64. The number of hydrogen-bond acceptors (Lipinski definition) is 4. The van der Waals surface area contributed by atoms with E-state index in [-0.39, 0.29) is 11.6 Å². The molecule has 124 valence electrons. The van der Waals surface area contributed by atoms with Crippen LogP contribution < -0.4 is 15.6 Å². The molecule has 0 radical (unpaired) electrons. The van der Waals surface area contributed by atoms with Gasteiger partial charge in [-0.15, -0.1) is 0 Å². The summed E-state index contributed by atoms with van der Waals surface area (Å²) in [7, 11) is 0. The molecule has 5 nitrogen and oxygen atoms in total. The molecule has 0 fully saturated rings. The molecule has 0 saturated heterocycles. The van der Waals surface area contributed by atoms with Crippen molar-refractivity contribution < 1.29 is 4.74 Å². The minimum atomic E-state index is -0.0180. The molecule has 0 unspecified atom stereocenters. The van der Waals surface area contributed by atoms with E-state index in [9.17, 15) is 4.79 Å². The van der Waals surface area contributed by atoms with Crippen molar-refractivity contribution in [3.63, 3.8) is 0 Å². The smallest absolute Gasteiger partial charge is 0.272 e. The first-order valence-electron chi connectivity index (χ1n) is 8.13. The van der Waals surface area contributed by atoms with Gasteiger partial charge in [0.05, 0.1) is 24.5 Å². The topological polar surface area (TPSA) is 56.1 Å². The maximum Gasteiger partial charge on any atom is 0.272 e. The Morgan fingerprint density at radius 3 is 2.74 bits per heavy atom. The lowest BCUT2D eigenvalue weighted by molar-refractivity contribution is 0.340. The molecular formula is C18H25N3O2. The molecule has 0 spiro atoms. The maximum atomic E-state index is 12.5. The van der Waals surface area contributed by atoms with Gasteiger partial charge in [0, 0.05) is 12.1 Å². The summed E-state index contributed by atoms with van der Waals surface area (Å²) >= 11 is 0. The summed E-state index contributed by atoms with van der Waals surface area (Å²) in [5.74, 6) is 0.857. The van der Waals surface area contributed by atoms with Crippen molar-refractivity contribution in [2.24, 2.45) is 0 Å². The average Bonchev–Trinajstić information content (AvgIpc) is 2.53. The van der Waals surface area contributed by atoms with Crippen LogP contribution in [0.2, 0.25) is 0 Å². The molecular weight excluding hydrogens is 290 g/mol. The second-order valence-corrected chi connectivity index (χ2v) is 5.67. The van der Waals surface area contributed by atoms with Gasteiger partial charge in [-0.05, 0) is 44.9 Å². The molecule has 2 aromatic rings. The van der Waals surface area contributed by atoms with Gasteiger partial charge in [-0.25, -0.2) is 4.68 Å². The highest BCUT2D eigenvalue weighted by molar-refractivity contribution is 5.48. The third-order valence-electron chi connectivity index (χ3n) is 3.64. The van der Waals surface area contributed by atoms with Crippen LogP contribution in [0, 0.1) is 0 Å². The summed E-state index contributed by atoms with van der Waals surface area (Å²) < 4.78 is 7.04. The standard InChI is InChI=1S/C18H25N3O2/c1-5-16-17(12-20-21(13(3)4)18(16)22)19-11-14-8-7-9-15(10-14)23-6-2/h7-10,12-13,19H,5-6,11H2,1-4H3. The van der Waals surface area contributed by atoms with Gasteiger partial charge in [0.2, 0.25) is 0 Å². The van der Waals surface area contributed by atoms with Crippen molar-refractivity contribution in [1.29, 1.82) is 0 Å². The molecule has 0 amide bonds. The Kier molecular flexibility index (Phi) is 5.79. The van der Waals surface area contributed by atoms with E-state index >= 15 is 0 Å². The van der Waals surface area contributed by atoms with Crippen LogP contribution in [0.15, 0.2) is 35.3 Å². The quantitative estimate of drug-likeness (QED) is 0.851. The van der Waals surface area contributed by atoms with E-state index in [0.717, 1.165) is 22.6 Å². The van der Waals surface area contributed by atoms with E-state index in [4.69, 9.17) is 4.74 Å². The predicted molar refractivity (Wildman–Crippen MR) is 93.2 cm³/mol. The number of ether oxygens (including phenoxy) is 1. The maximum absolute atomic E-state index is 12.5. The fourth-order valence-corrected chi connectivity index (χ4v) is 2.47. The molecule has 0 aliphatic carbocycles. The van der Waals surface area contributed by atoms with E-state index in [2.05, 4.69) is 10.4 Å². The van der Waals surface area contributed by atoms with Gasteiger partial charge in [0.25, 0.3) is 5.56 Å². The summed E-state index contributed by atoms with van der Waals surface area (Å²) in [6.07, 6.45) is 2.42. The van der Waals surface area contributed by atoms with Crippen LogP contribution in [-0.4, -0.2) is 16.4 Å². The summed E-state index contributed by atoms with van der Waals surface area (Å²) in [5.41, 5.74) is 2.66. The van der Waals surface area contributed by atoms with Crippen molar-refractivity contribution in [3.8, 4) is 5.75 Å². The first kappa shape index (κ1) is 17.1. The van der Waals surface area contributed by atoms with Crippen molar-refractivity contribution in [1.82, 2.24) is 9.78 Å². The monoisotopic (exact) mass is 315 g/mol. The van der Waals surface area contributed by atoms with Gasteiger partial charge in [0.15, 0.2) is 0 Å². The lowest BCUT2D eigenvalue weighted by atomic mass is 10.1. The zero-order valence-electron chi connectivity index (χ0n) is 14.3. The Morgan fingerprint density at radius 1 is 1.30 bits per heavy atom. The number of nitrogens with zero attached hydrogens (tertiary/aromatic N) is 2. The van der Waals surface area contributed by atoms with Gasteiger partial charge < -0.3 is 10.1 Å². The highest BCUT2D eigenvalue weighted by Gasteiger charge is 2.11. The Bertz CT molecular complexity index is 708. The second-order valence-electron chi connectivity index (χ2n) is 5.67. The van der Waals surface area contributed by atoms with Crippen LogP contribution in [0.5, 0.6) is 5.75 Å². The van der Waals surface area contributed by atoms with Gasteiger partial charge in [-0.2, -0.15) is 5.10 Å². The van der Waals surface area contributed by atoms with Crippen LogP contribution in [0.3, 0.4) is 0 Å². The fraction of sp³-hybridized carbons (Fsp3) is 0.444. The number of nitrogens with one attached hydrogen (secondary N) is 1. The fourth-order valence-electron chi connectivity index (χ4n) is 2.47. The Morgan fingerprint density at radius 2 is 2.09 bits per heavy atom. The van der Waals surface area contributed by atoms with Crippen molar-refractivity contribution in [2.75, 3.05) is 11.9 Å². The lowest BCUT2D eigenvalue weighted by Crippen LogP contribution is -2.28. The van der Waals surface area contributed by atoms with Gasteiger partial charge in [-0.3, -0.25) is 4.79 Å². The Balaban J connectivity index is 2.19. The summed E-state index contributed by atoms with van der Waals surface area (Å²) in [5, 5.41) is 7.59. The molecule has 2 rings (SSSR count). The summed E-state index contributed by atoms with van der Waals surface area (Å²) in [6.45, 7) is 9.14. The van der Waals surface area contributed by atoms with Crippen LogP contribution in [0.4, 0.5) is 5.69 Å². The van der Waals surface area contributed by atoms with Crippen molar-refractivity contribution >= 4 is 5.69 Å². The summed E-state index contributed by atoms with van der Waals surface area (Å²) in [4.78, 5) is 12.5. The lowest BCUT2D eigenvalue weighted by Gasteiger charge is -2.15. The first-order valence-corrected chi connectivity index (χ1v) is 8.13. The van der Waals surface area contributed by atoms with Gasteiger partial charge in [-0.1, -0.05) is 19.1 Å². The molecule has 1 aromatic heterocycles. The predicted octanol–water partition coefficient (Wildman–Crippen LogP) is 3.40. The SMILES string of the molecule is CCOc1cccc(CNc2cnn(C(C)C)c(=O)c2CC)c1. The molecule has 5 heteroatoms. The van der Waals surface area contributed by atoms with E-state index in [1.165, 1.54) is 4.68 Å². The molecule has 0 aliphatic rings. The van der Waals surface area contributed by atoms with Gasteiger partial charge in [0.1, 0.15) is 5.75 Å². The highest BCUT2D eigenvalue weighted by atomic mass is 16.5.